The van der Waals surface area contributed by atoms with Crippen molar-refractivity contribution in [1.29, 1.82) is 0 Å². The van der Waals surface area contributed by atoms with E-state index >= 15 is 0 Å². The molecule has 0 bridgehead atoms. The summed E-state index contributed by atoms with van der Waals surface area (Å²) in [5, 5.41) is 2.61. The highest BCUT2D eigenvalue weighted by molar-refractivity contribution is 7.16. The van der Waals surface area contributed by atoms with E-state index in [-0.39, 0.29) is 5.56 Å². The molecule has 0 amide bonds. The van der Waals surface area contributed by atoms with Crippen molar-refractivity contribution in [3.63, 3.8) is 0 Å². The fourth-order valence-electron chi connectivity index (χ4n) is 1.48. The highest BCUT2D eigenvalue weighted by Gasteiger charge is 2.03. The molecule has 5 heteroatoms. The molecular weight excluding hydrogens is 210 g/mol. The number of rotatable bonds is 4. The molecular formula is C10H13N3OS. The molecule has 15 heavy (non-hydrogen) atoms. The second-order valence-corrected chi connectivity index (χ2v) is 4.27. The predicted octanol–water partition coefficient (Wildman–Crippen LogP) is 1.20. The smallest absolute Gasteiger partial charge is 0.262 e. The average molecular weight is 223 g/mol. The molecule has 0 aromatic carbocycles. The topological polar surface area (TPSA) is 60.9 Å². The van der Waals surface area contributed by atoms with Gasteiger partial charge in [0.15, 0.2) is 0 Å². The lowest BCUT2D eigenvalue weighted by Crippen LogP contribution is -2.20. The van der Waals surface area contributed by atoms with Crippen molar-refractivity contribution in [2.45, 2.75) is 19.4 Å². The van der Waals surface area contributed by atoms with Gasteiger partial charge in [-0.15, -0.1) is 11.3 Å². The average Bonchev–Trinajstić information content (AvgIpc) is 2.70. The van der Waals surface area contributed by atoms with Crippen molar-refractivity contribution in [2.75, 3.05) is 6.54 Å². The van der Waals surface area contributed by atoms with Gasteiger partial charge in [0.05, 0.1) is 11.7 Å². The van der Waals surface area contributed by atoms with Crippen molar-refractivity contribution >= 4 is 21.6 Å². The van der Waals surface area contributed by atoms with E-state index in [2.05, 4.69) is 4.98 Å². The molecule has 0 aliphatic heterocycles. The Morgan fingerprint density at radius 2 is 2.33 bits per heavy atom. The molecule has 0 saturated heterocycles. The Kier molecular flexibility index (Phi) is 3.13. The van der Waals surface area contributed by atoms with E-state index in [4.69, 9.17) is 5.73 Å². The third-order valence-electron chi connectivity index (χ3n) is 2.30. The molecule has 80 valence electrons. The van der Waals surface area contributed by atoms with E-state index in [9.17, 15) is 4.79 Å². The van der Waals surface area contributed by atoms with E-state index in [1.54, 1.807) is 10.9 Å². The number of fused-ring (bicyclic) bond motifs is 1. The zero-order chi connectivity index (χ0) is 10.7. The molecule has 0 fully saturated rings. The first-order valence-electron chi connectivity index (χ1n) is 4.95. The zero-order valence-corrected chi connectivity index (χ0v) is 9.17. The number of aryl methyl sites for hydroxylation is 1. The van der Waals surface area contributed by atoms with Gasteiger partial charge in [0.1, 0.15) is 4.83 Å². The minimum atomic E-state index is 0.0540. The van der Waals surface area contributed by atoms with E-state index in [1.807, 2.05) is 11.4 Å². The first kappa shape index (κ1) is 10.3. The summed E-state index contributed by atoms with van der Waals surface area (Å²) < 4.78 is 1.66. The molecule has 0 saturated carbocycles. The van der Waals surface area contributed by atoms with Crippen molar-refractivity contribution in [3.05, 3.63) is 28.1 Å². The van der Waals surface area contributed by atoms with Crippen LogP contribution in [0.1, 0.15) is 12.8 Å². The van der Waals surface area contributed by atoms with Gasteiger partial charge in [-0.3, -0.25) is 9.36 Å². The molecule has 2 heterocycles. The van der Waals surface area contributed by atoms with E-state index in [1.165, 1.54) is 11.3 Å². The Bertz CT molecular complexity index is 503. The maximum atomic E-state index is 11.9. The summed E-state index contributed by atoms with van der Waals surface area (Å²) >= 11 is 1.49. The highest BCUT2D eigenvalue weighted by atomic mass is 32.1. The van der Waals surface area contributed by atoms with Crippen LogP contribution in [0.15, 0.2) is 22.6 Å². The van der Waals surface area contributed by atoms with Crippen LogP contribution in [-0.4, -0.2) is 16.1 Å². The summed E-state index contributed by atoms with van der Waals surface area (Å²) in [6, 6.07) is 1.83. The monoisotopic (exact) mass is 223 g/mol. The van der Waals surface area contributed by atoms with E-state index < -0.39 is 0 Å². The first-order valence-corrected chi connectivity index (χ1v) is 5.83. The summed E-state index contributed by atoms with van der Waals surface area (Å²) in [5.74, 6) is 0. The number of nitrogens with zero attached hydrogens (tertiary/aromatic N) is 2. The normalized spacial score (nSPS) is 11.0. The van der Waals surface area contributed by atoms with Gasteiger partial charge in [-0.25, -0.2) is 4.98 Å². The van der Waals surface area contributed by atoms with Gasteiger partial charge in [-0.05, 0) is 30.8 Å². The lowest BCUT2D eigenvalue weighted by Gasteiger charge is -2.03. The van der Waals surface area contributed by atoms with Crippen LogP contribution in [-0.2, 0) is 6.54 Å². The Balaban J connectivity index is 2.28. The molecule has 0 aliphatic carbocycles. The van der Waals surface area contributed by atoms with Gasteiger partial charge in [0, 0.05) is 6.54 Å². The second-order valence-electron chi connectivity index (χ2n) is 3.38. The molecule has 0 radical (unpaired) electrons. The summed E-state index contributed by atoms with van der Waals surface area (Å²) in [6.45, 7) is 1.37. The van der Waals surface area contributed by atoms with Crippen molar-refractivity contribution < 1.29 is 0 Å². The van der Waals surface area contributed by atoms with Gasteiger partial charge < -0.3 is 5.73 Å². The number of aromatic nitrogens is 2. The summed E-state index contributed by atoms with van der Waals surface area (Å²) in [7, 11) is 0. The summed E-state index contributed by atoms with van der Waals surface area (Å²) in [6.07, 6.45) is 3.49. The maximum absolute atomic E-state index is 11.9. The standard InChI is InChI=1S/C10H13N3OS/c11-4-1-2-5-13-7-12-9-8(10(13)14)3-6-15-9/h3,6-7H,1-2,4-5,11H2. The number of hydrogen-bond acceptors (Lipinski definition) is 4. The zero-order valence-electron chi connectivity index (χ0n) is 8.35. The molecule has 0 atom stereocenters. The maximum Gasteiger partial charge on any atom is 0.262 e. The largest absolute Gasteiger partial charge is 0.330 e. The van der Waals surface area contributed by atoms with Gasteiger partial charge in [0.25, 0.3) is 5.56 Å². The fourth-order valence-corrected chi connectivity index (χ4v) is 2.20. The first-order chi connectivity index (χ1) is 7.33. The van der Waals surface area contributed by atoms with Crippen LogP contribution in [0.3, 0.4) is 0 Å². The Morgan fingerprint density at radius 1 is 1.47 bits per heavy atom. The van der Waals surface area contributed by atoms with E-state index in [0.717, 1.165) is 23.1 Å². The minimum Gasteiger partial charge on any atom is -0.330 e. The van der Waals surface area contributed by atoms with Crippen LogP contribution in [0.4, 0.5) is 0 Å². The number of hydrogen-bond donors (Lipinski definition) is 1. The van der Waals surface area contributed by atoms with Crippen LogP contribution in [0.5, 0.6) is 0 Å². The Labute approximate surface area is 91.4 Å². The van der Waals surface area contributed by atoms with Crippen LogP contribution in [0.25, 0.3) is 10.2 Å². The second kappa shape index (κ2) is 4.55. The van der Waals surface area contributed by atoms with Crippen LogP contribution in [0.2, 0.25) is 0 Å². The fraction of sp³-hybridized carbons (Fsp3) is 0.400. The number of nitrogens with two attached hydrogens (primary N) is 1. The van der Waals surface area contributed by atoms with Crippen LogP contribution >= 0.6 is 11.3 Å². The van der Waals surface area contributed by atoms with Gasteiger partial charge in [0.2, 0.25) is 0 Å². The lowest BCUT2D eigenvalue weighted by molar-refractivity contribution is 0.595. The summed E-state index contributed by atoms with van der Waals surface area (Å²) in [5.41, 5.74) is 5.46. The van der Waals surface area contributed by atoms with Gasteiger partial charge in [-0.2, -0.15) is 0 Å². The quantitative estimate of drug-likeness (QED) is 0.792. The molecule has 2 aromatic heterocycles. The Morgan fingerprint density at radius 3 is 3.13 bits per heavy atom. The molecule has 0 spiro atoms. The third kappa shape index (κ3) is 2.08. The summed E-state index contributed by atoms with van der Waals surface area (Å²) in [4.78, 5) is 16.9. The molecule has 4 nitrogen and oxygen atoms in total. The van der Waals surface area contributed by atoms with E-state index in [0.29, 0.717) is 13.1 Å². The van der Waals surface area contributed by atoms with Crippen LogP contribution < -0.4 is 11.3 Å². The van der Waals surface area contributed by atoms with Gasteiger partial charge in [-0.1, -0.05) is 0 Å². The lowest BCUT2D eigenvalue weighted by atomic mass is 10.3. The predicted molar refractivity (Wildman–Crippen MR) is 62.2 cm³/mol. The molecule has 2 aromatic rings. The third-order valence-corrected chi connectivity index (χ3v) is 3.12. The molecule has 0 aliphatic rings. The van der Waals surface area contributed by atoms with Gasteiger partial charge >= 0.3 is 0 Å². The minimum absolute atomic E-state index is 0.0540. The van der Waals surface area contributed by atoms with Crippen molar-refractivity contribution in [1.82, 2.24) is 9.55 Å². The number of unbranched alkanes of at least 4 members (excludes halogenated alkanes) is 1. The van der Waals surface area contributed by atoms with Crippen molar-refractivity contribution in [3.8, 4) is 0 Å². The SMILES string of the molecule is NCCCCn1cnc2sccc2c1=O. The molecule has 2 rings (SSSR count). The number of thiophene rings is 1. The van der Waals surface area contributed by atoms with Crippen molar-refractivity contribution in [2.24, 2.45) is 5.73 Å². The molecule has 2 N–H and O–H groups in total. The molecule has 0 unspecified atom stereocenters. The highest BCUT2D eigenvalue weighted by Crippen LogP contribution is 2.13. The van der Waals surface area contributed by atoms with Crippen LogP contribution in [0, 0.1) is 0 Å². The Hall–Kier alpha value is -1.20.